The van der Waals surface area contributed by atoms with E-state index in [0.717, 1.165) is 0 Å². The molecular formula is C11H13BrN2O2. The molecule has 5 heteroatoms. The van der Waals surface area contributed by atoms with Gasteiger partial charge in [0.05, 0.1) is 6.61 Å². The number of carbonyl (C=O) groups is 1. The molecule has 0 fully saturated rings. The van der Waals surface area contributed by atoms with E-state index >= 15 is 0 Å². The lowest BCUT2D eigenvalue weighted by molar-refractivity contribution is 0.0736. The molecule has 0 saturated carbocycles. The minimum absolute atomic E-state index is 0.0793. The van der Waals surface area contributed by atoms with E-state index in [1.165, 1.54) is 4.90 Å². The van der Waals surface area contributed by atoms with Crippen LogP contribution in [-0.4, -0.2) is 40.6 Å². The third-order valence-electron chi connectivity index (χ3n) is 1.97. The van der Waals surface area contributed by atoms with Crippen LogP contribution in [0.1, 0.15) is 10.5 Å². The Morgan fingerprint density at radius 2 is 2.44 bits per heavy atom. The molecule has 0 spiro atoms. The van der Waals surface area contributed by atoms with Gasteiger partial charge >= 0.3 is 0 Å². The lowest BCUT2D eigenvalue weighted by atomic mass is 10.3. The summed E-state index contributed by atoms with van der Waals surface area (Å²) >= 11 is 3.27. The molecule has 0 aliphatic carbocycles. The van der Waals surface area contributed by atoms with E-state index in [2.05, 4.69) is 27.5 Å². The molecule has 4 nitrogen and oxygen atoms in total. The predicted molar refractivity (Wildman–Crippen MR) is 65.1 cm³/mol. The van der Waals surface area contributed by atoms with Gasteiger partial charge in [-0.3, -0.25) is 4.79 Å². The van der Waals surface area contributed by atoms with Crippen molar-refractivity contribution in [2.24, 2.45) is 0 Å². The zero-order valence-corrected chi connectivity index (χ0v) is 10.4. The Morgan fingerprint density at radius 3 is 3.00 bits per heavy atom. The van der Waals surface area contributed by atoms with E-state index < -0.39 is 0 Å². The third kappa shape index (κ3) is 3.15. The number of halogens is 1. The molecule has 0 radical (unpaired) electrons. The first-order valence-corrected chi connectivity index (χ1v) is 5.61. The Hall–Kier alpha value is -1.20. The topological polar surface area (TPSA) is 53.4 Å². The van der Waals surface area contributed by atoms with Crippen molar-refractivity contribution in [1.29, 1.82) is 0 Å². The molecule has 0 aliphatic heterocycles. The Kier molecular flexibility index (Phi) is 5.14. The van der Waals surface area contributed by atoms with Gasteiger partial charge < -0.3 is 10.0 Å². The molecule has 0 aliphatic rings. The fourth-order valence-corrected chi connectivity index (χ4v) is 1.67. The van der Waals surface area contributed by atoms with E-state index in [1.807, 2.05) is 0 Å². The molecule has 1 rings (SSSR count). The van der Waals surface area contributed by atoms with Crippen molar-refractivity contribution in [3.8, 4) is 0 Å². The maximum atomic E-state index is 12.0. The molecule has 86 valence electrons. The zero-order chi connectivity index (χ0) is 12.0. The maximum Gasteiger partial charge on any atom is 0.273 e. The Labute approximate surface area is 103 Å². The summed E-state index contributed by atoms with van der Waals surface area (Å²) in [6.45, 7) is 4.16. The van der Waals surface area contributed by atoms with Crippen molar-refractivity contribution in [3.63, 3.8) is 0 Å². The number of amides is 1. The van der Waals surface area contributed by atoms with Gasteiger partial charge in [-0.25, -0.2) is 4.98 Å². The number of aromatic nitrogens is 1. The highest BCUT2D eigenvalue weighted by Gasteiger charge is 2.17. The van der Waals surface area contributed by atoms with E-state index in [1.54, 1.807) is 24.4 Å². The SMILES string of the molecule is C=CCN(CCO)C(=O)c1ncccc1Br. The van der Waals surface area contributed by atoms with Gasteiger partial charge in [0, 0.05) is 23.8 Å². The molecule has 1 N–H and O–H groups in total. The summed E-state index contributed by atoms with van der Waals surface area (Å²) in [5.41, 5.74) is 0.345. The molecule has 0 atom stereocenters. The smallest absolute Gasteiger partial charge is 0.273 e. The maximum absolute atomic E-state index is 12.0. The van der Waals surface area contributed by atoms with Gasteiger partial charge in [0.25, 0.3) is 5.91 Å². The summed E-state index contributed by atoms with van der Waals surface area (Å²) in [6, 6.07) is 3.50. The second-order valence-corrected chi connectivity index (χ2v) is 3.95. The molecule has 0 bridgehead atoms. The van der Waals surface area contributed by atoms with Gasteiger partial charge in [-0.1, -0.05) is 6.08 Å². The van der Waals surface area contributed by atoms with Gasteiger partial charge in [-0.15, -0.1) is 6.58 Å². The normalized spacial score (nSPS) is 9.88. The minimum Gasteiger partial charge on any atom is -0.395 e. The quantitative estimate of drug-likeness (QED) is 0.833. The van der Waals surface area contributed by atoms with Gasteiger partial charge in [0.1, 0.15) is 5.69 Å². The zero-order valence-electron chi connectivity index (χ0n) is 8.77. The van der Waals surface area contributed by atoms with Crippen molar-refractivity contribution in [3.05, 3.63) is 41.2 Å². The van der Waals surface area contributed by atoms with Crippen molar-refractivity contribution in [1.82, 2.24) is 9.88 Å². The number of rotatable bonds is 5. The van der Waals surface area contributed by atoms with Crippen molar-refractivity contribution >= 4 is 21.8 Å². The van der Waals surface area contributed by atoms with Crippen LogP contribution in [0.15, 0.2) is 35.5 Å². The van der Waals surface area contributed by atoms with Crippen molar-refractivity contribution in [2.45, 2.75) is 0 Å². The highest BCUT2D eigenvalue weighted by atomic mass is 79.9. The van der Waals surface area contributed by atoms with Gasteiger partial charge in [-0.05, 0) is 28.1 Å². The Balaban J connectivity index is 2.89. The second-order valence-electron chi connectivity index (χ2n) is 3.10. The van der Waals surface area contributed by atoms with Crippen LogP contribution in [0.25, 0.3) is 0 Å². The number of aliphatic hydroxyl groups is 1. The number of hydrogen-bond acceptors (Lipinski definition) is 3. The van der Waals surface area contributed by atoms with Crippen LogP contribution < -0.4 is 0 Å². The van der Waals surface area contributed by atoms with E-state index in [4.69, 9.17) is 5.11 Å². The summed E-state index contributed by atoms with van der Waals surface area (Å²) in [4.78, 5) is 17.5. The average molecular weight is 285 g/mol. The standard InChI is InChI=1S/C11H13BrN2O2/c1-2-6-14(7-8-15)11(16)10-9(12)4-3-5-13-10/h2-5,15H,1,6-8H2. The van der Waals surface area contributed by atoms with Crippen LogP contribution in [0.2, 0.25) is 0 Å². The van der Waals surface area contributed by atoms with Crippen LogP contribution >= 0.6 is 15.9 Å². The molecule has 0 aromatic carbocycles. The van der Waals surface area contributed by atoms with Gasteiger partial charge in [-0.2, -0.15) is 0 Å². The molecule has 1 amide bonds. The molecule has 1 heterocycles. The molecule has 1 aromatic rings. The first kappa shape index (κ1) is 12.9. The van der Waals surface area contributed by atoms with Crippen LogP contribution in [-0.2, 0) is 0 Å². The highest BCUT2D eigenvalue weighted by Crippen LogP contribution is 2.15. The first-order valence-electron chi connectivity index (χ1n) is 4.82. The van der Waals surface area contributed by atoms with E-state index in [0.29, 0.717) is 16.7 Å². The van der Waals surface area contributed by atoms with Crippen molar-refractivity contribution < 1.29 is 9.90 Å². The number of hydrogen-bond donors (Lipinski definition) is 1. The number of nitrogens with zero attached hydrogens (tertiary/aromatic N) is 2. The second kappa shape index (κ2) is 6.40. The fraction of sp³-hybridized carbons (Fsp3) is 0.273. The molecule has 16 heavy (non-hydrogen) atoms. The first-order chi connectivity index (χ1) is 7.70. The predicted octanol–water partition coefficient (Wildman–Crippen LogP) is 1.46. The lowest BCUT2D eigenvalue weighted by Crippen LogP contribution is -2.34. The minimum atomic E-state index is -0.221. The molecule has 0 unspecified atom stereocenters. The van der Waals surface area contributed by atoms with Crippen LogP contribution in [0.3, 0.4) is 0 Å². The summed E-state index contributed by atoms with van der Waals surface area (Å²) in [7, 11) is 0. The Morgan fingerprint density at radius 1 is 1.69 bits per heavy atom. The third-order valence-corrected chi connectivity index (χ3v) is 2.61. The summed E-state index contributed by atoms with van der Waals surface area (Å²) in [5.74, 6) is -0.221. The average Bonchev–Trinajstić information content (AvgIpc) is 2.28. The monoisotopic (exact) mass is 284 g/mol. The number of aliphatic hydroxyl groups excluding tert-OH is 1. The van der Waals surface area contributed by atoms with Gasteiger partial charge in [0.15, 0.2) is 0 Å². The van der Waals surface area contributed by atoms with Crippen LogP contribution in [0, 0.1) is 0 Å². The molecule has 0 saturated heterocycles. The number of carbonyl (C=O) groups excluding carboxylic acids is 1. The largest absolute Gasteiger partial charge is 0.395 e. The van der Waals surface area contributed by atoms with E-state index in [-0.39, 0.29) is 19.1 Å². The molecular weight excluding hydrogens is 272 g/mol. The lowest BCUT2D eigenvalue weighted by Gasteiger charge is -2.19. The molecule has 1 aromatic heterocycles. The van der Waals surface area contributed by atoms with Gasteiger partial charge in [0.2, 0.25) is 0 Å². The number of pyridine rings is 1. The van der Waals surface area contributed by atoms with Crippen LogP contribution in [0.4, 0.5) is 0 Å². The Bertz CT molecular complexity index is 382. The summed E-state index contributed by atoms with van der Waals surface area (Å²) < 4.78 is 0.645. The highest BCUT2D eigenvalue weighted by molar-refractivity contribution is 9.10. The summed E-state index contributed by atoms with van der Waals surface area (Å²) in [6.07, 6.45) is 3.17. The summed E-state index contributed by atoms with van der Waals surface area (Å²) in [5, 5.41) is 8.87. The van der Waals surface area contributed by atoms with Crippen LogP contribution in [0.5, 0.6) is 0 Å². The fourth-order valence-electron chi connectivity index (χ4n) is 1.25. The van der Waals surface area contributed by atoms with Crippen molar-refractivity contribution in [2.75, 3.05) is 19.7 Å². The van der Waals surface area contributed by atoms with E-state index in [9.17, 15) is 4.79 Å².